The lowest BCUT2D eigenvalue weighted by Gasteiger charge is -2.13. The van der Waals surface area contributed by atoms with Crippen LogP contribution < -0.4 is 5.32 Å². The van der Waals surface area contributed by atoms with Crippen molar-refractivity contribution < 1.29 is 23.5 Å². The third-order valence-electron chi connectivity index (χ3n) is 5.96. The molecule has 0 aliphatic carbocycles. The van der Waals surface area contributed by atoms with E-state index in [1.54, 1.807) is 39.5 Å². The van der Waals surface area contributed by atoms with Crippen molar-refractivity contribution in [2.75, 3.05) is 34.4 Å². The number of hydrogen-bond donors (Lipinski definition) is 1. The summed E-state index contributed by atoms with van der Waals surface area (Å²) in [5.74, 6) is 0.864. The molecule has 208 valence electrons. The first-order valence-electron chi connectivity index (χ1n) is 12.7. The number of nitrogens with one attached hydrogen (secondary N) is 1. The van der Waals surface area contributed by atoms with Crippen LogP contribution in [0.1, 0.15) is 39.4 Å². The lowest BCUT2D eigenvalue weighted by molar-refractivity contribution is 0.0948. The molecule has 1 aromatic carbocycles. The highest BCUT2D eigenvalue weighted by atomic mass is 16.5. The van der Waals surface area contributed by atoms with Crippen molar-refractivity contribution in [2.24, 2.45) is 4.99 Å². The average Bonchev–Trinajstić information content (AvgIpc) is 3.44. The molecule has 0 atom stereocenters. The Morgan fingerprint density at radius 1 is 1.02 bits per heavy atom. The van der Waals surface area contributed by atoms with Crippen molar-refractivity contribution in [1.82, 2.24) is 25.7 Å². The van der Waals surface area contributed by atoms with Gasteiger partial charge in [-0.25, -0.2) is 0 Å². The number of rotatable bonds is 12. The quantitative estimate of drug-likeness (QED) is 0.159. The lowest BCUT2D eigenvalue weighted by atomic mass is 10.0. The SMILES string of the molecule is CN=C(OCc1ccc(C(=O)NCCCOC)cn1)c1ccccc1-c1cc(C)c(-c2cc(COC)on2)nn1. The molecule has 0 saturated heterocycles. The zero-order valence-corrected chi connectivity index (χ0v) is 23.0. The van der Waals surface area contributed by atoms with Gasteiger partial charge in [0.15, 0.2) is 5.76 Å². The van der Waals surface area contributed by atoms with E-state index < -0.39 is 0 Å². The number of nitrogens with zero attached hydrogens (tertiary/aromatic N) is 5. The second-order valence-corrected chi connectivity index (χ2v) is 8.88. The third kappa shape index (κ3) is 7.13. The number of methoxy groups -OCH3 is 2. The number of aliphatic imine (C=N–C) groups is 1. The van der Waals surface area contributed by atoms with Crippen LogP contribution in [0.4, 0.5) is 0 Å². The molecular weight excluding hydrogens is 512 g/mol. The summed E-state index contributed by atoms with van der Waals surface area (Å²) in [6.07, 6.45) is 2.28. The highest BCUT2D eigenvalue weighted by Gasteiger charge is 2.17. The van der Waals surface area contributed by atoms with Crippen LogP contribution in [0.5, 0.6) is 0 Å². The van der Waals surface area contributed by atoms with Gasteiger partial charge >= 0.3 is 0 Å². The van der Waals surface area contributed by atoms with Crippen LogP contribution in [-0.4, -0.2) is 66.6 Å². The first-order chi connectivity index (χ1) is 19.5. The molecule has 0 aliphatic heterocycles. The Hall–Kier alpha value is -4.48. The van der Waals surface area contributed by atoms with E-state index in [1.165, 1.54) is 6.20 Å². The van der Waals surface area contributed by atoms with Crippen LogP contribution in [0.2, 0.25) is 0 Å². The molecule has 1 N–H and O–H groups in total. The van der Waals surface area contributed by atoms with E-state index in [1.807, 2.05) is 37.3 Å². The number of carbonyl (C=O) groups is 1. The maximum Gasteiger partial charge on any atom is 0.252 e. The fraction of sp³-hybridized carbons (Fsp3) is 0.310. The number of amides is 1. The largest absolute Gasteiger partial charge is 0.471 e. The summed E-state index contributed by atoms with van der Waals surface area (Å²) in [6.45, 7) is 3.58. The summed E-state index contributed by atoms with van der Waals surface area (Å²) in [4.78, 5) is 21.0. The second kappa shape index (κ2) is 14.1. The Balaban J connectivity index is 1.46. The molecule has 0 spiro atoms. The summed E-state index contributed by atoms with van der Waals surface area (Å²) in [6, 6.07) is 14.9. The summed E-state index contributed by atoms with van der Waals surface area (Å²) in [7, 11) is 4.89. The average molecular weight is 545 g/mol. The zero-order valence-electron chi connectivity index (χ0n) is 23.0. The third-order valence-corrected chi connectivity index (χ3v) is 5.96. The molecule has 4 aromatic rings. The van der Waals surface area contributed by atoms with Gasteiger partial charge in [0.1, 0.15) is 24.6 Å². The van der Waals surface area contributed by atoms with E-state index in [0.29, 0.717) is 59.8 Å². The van der Waals surface area contributed by atoms with E-state index >= 15 is 0 Å². The first kappa shape index (κ1) is 28.5. The number of hydrogen-bond acceptors (Lipinski definition) is 10. The molecule has 0 saturated carbocycles. The Morgan fingerprint density at radius 3 is 2.60 bits per heavy atom. The summed E-state index contributed by atoms with van der Waals surface area (Å²) in [5, 5.41) is 15.8. The van der Waals surface area contributed by atoms with E-state index in [0.717, 1.165) is 23.1 Å². The Kier molecular flexibility index (Phi) is 10.0. The second-order valence-electron chi connectivity index (χ2n) is 8.88. The molecule has 0 unspecified atom stereocenters. The van der Waals surface area contributed by atoms with Gasteiger partial charge < -0.3 is 24.1 Å². The van der Waals surface area contributed by atoms with Crippen LogP contribution in [0.15, 0.2) is 64.2 Å². The van der Waals surface area contributed by atoms with Gasteiger partial charge in [0.2, 0.25) is 5.90 Å². The Bertz CT molecular complexity index is 1450. The highest BCUT2D eigenvalue weighted by molar-refractivity contribution is 6.00. The molecule has 11 heteroatoms. The van der Waals surface area contributed by atoms with Crippen molar-refractivity contribution in [2.45, 2.75) is 26.6 Å². The predicted octanol–water partition coefficient (Wildman–Crippen LogP) is 4.01. The zero-order chi connectivity index (χ0) is 28.3. The van der Waals surface area contributed by atoms with Gasteiger partial charge in [-0.15, -0.1) is 10.2 Å². The molecule has 40 heavy (non-hydrogen) atoms. The van der Waals surface area contributed by atoms with Crippen LogP contribution in [-0.2, 0) is 27.4 Å². The molecule has 0 radical (unpaired) electrons. The molecule has 11 nitrogen and oxygen atoms in total. The predicted molar refractivity (Wildman–Crippen MR) is 149 cm³/mol. The molecule has 4 rings (SSSR count). The van der Waals surface area contributed by atoms with E-state index in [9.17, 15) is 4.79 Å². The molecule has 0 bridgehead atoms. The molecule has 0 aliphatic rings. The number of aromatic nitrogens is 4. The van der Waals surface area contributed by atoms with Gasteiger partial charge in [0, 0.05) is 57.8 Å². The monoisotopic (exact) mass is 544 g/mol. The lowest BCUT2D eigenvalue weighted by Crippen LogP contribution is -2.25. The van der Waals surface area contributed by atoms with E-state index in [4.69, 9.17) is 18.7 Å². The van der Waals surface area contributed by atoms with Crippen molar-refractivity contribution >= 4 is 11.8 Å². The molecule has 1 amide bonds. The Morgan fingerprint density at radius 2 is 1.88 bits per heavy atom. The minimum absolute atomic E-state index is 0.177. The number of aryl methyl sites for hydroxylation is 1. The first-order valence-corrected chi connectivity index (χ1v) is 12.7. The summed E-state index contributed by atoms with van der Waals surface area (Å²) in [5.41, 5.74) is 5.51. The van der Waals surface area contributed by atoms with Gasteiger partial charge in [-0.2, -0.15) is 0 Å². The molecule has 3 heterocycles. The Labute approximate surface area is 232 Å². The number of ether oxygens (including phenoxy) is 3. The van der Waals surface area contributed by atoms with Gasteiger partial charge in [0.25, 0.3) is 5.91 Å². The minimum atomic E-state index is -0.179. The maximum atomic E-state index is 12.3. The fourth-order valence-corrected chi connectivity index (χ4v) is 3.97. The number of benzene rings is 1. The van der Waals surface area contributed by atoms with Gasteiger partial charge in [-0.3, -0.25) is 14.8 Å². The normalized spacial score (nSPS) is 11.4. The topological polar surface area (TPSA) is 134 Å². The van der Waals surface area contributed by atoms with Crippen LogP contribution in [0, 0.1) is 6.92 Å². The molecular formula is C29H32N6O5. The molecule has 0 fully saturated rings. The van der Waals surface area contributed by atoms with E-state index in [-0.39, 0.29) is 12.5 Å². The van der Waals surface area contributed by atoms with Crippen molar-refractivity contribution in [3.8, 4) is 22.6 Å². The van der Waals surface area contributed by atoms with Gasteiger partial charge in [-0.1, -0.05) is 23.4 Å². The number of carbonyl (C=O) groups excluding carboxylic acids is 1. The van der Waals surface area contributed by atoms with Crippen molar-refractivity contribution in [3.63, 3.8) is 0 Å². The standard InChI is InChI=1S/C29H32N6O5/c1-19-14-25(33-34-27(19)26-15-22(18-38-4)40-35-26)23-8-5-6-9-24(23)29(30-2)39-17-21-11-10-20(16-32-21)28(36)31-12-7-13-37-3/h5-6,8-11,14-16H,7,12-13,17-18H2,1-4H3,(H,31,36). The van der Waals surface area contributed by atoms with Crippen molar-refractivity contribution in [3.05, 3.63) is 82.9 Å². The van der Waals surface area contributed by atoms with Gasteiger partial charge in [-0.05, 0) is 43.2 Å². The fourth-order valence-electron chi connectivity index (χ4n) is 3.97. The smallest absolute Gasteiger partial charge is 0.252 e. The highest BCUT2D eigenvalue weighted by Crippen LogP contribution is 2.27. The van der Waals surface area contributed by atoms with Crippen LogP contribution in [0.3, 0.4) is 0 Å². The van der Waals surface area contributed by atoms with E-state index in [2.05, 4.69) is 30.6 Å². The minimum Gasteiger partial charge on any atom is -0.471 e. The number of pyridine rings is 1. The maximum absolute atomic E-state index is 12.3. The van der Waals surface area contributed by atoms with Crippen LogP contribution in [0.25, 0.3) is 22.6 Å². The summed E-state index contributed by atoms with van der Waals surface area (Å²) >= 11 is 0. The van der Waals surface area contributed by atoms with Crippen molar-refractivity contribution in [1.29, 1.82) is 0 Å². The van der Waals surface area contributed by atoms with Crippen LogP contribution >= 0.6 is 0 Å². The van der Waals surface area contributed by atoms with Gasteiger partial charge in [0.05, 0.1) is 17.0 Å². The molecule has 3 aromatic heterocycles. The summed E-state index contributed by atoms with van der Waals surface area (Å²) < 4.78 is 21.4.